The van der Waals surface area contributed by atoms with Gasteiger partial charge in [-0.2, -0.15) is 9.78 Å². The molecule has 0 spiro atoms. The molecule has 0 unspecified atom stereocenters. The van der Waals surface area contributed by atoms with E-state index in [9.17, 15) is 9.90 Å². The van der Waals surface area contributed by atoms with E-state index < -0.39 is 0 Å². The second-order valence-electron chi connectivity index (χ2n) is 6.70. The van der Waals surface area contributed by atoms with E-state index in [0.717, 1.165) is 5.39 Å². The quantitative estimate of drug-likeness (QED) is 0.418. The topological polar surface area (TPSA) is 80.6 Å². The summed E-state index contributed by atoms with van der Waals surface area (Å²) in [5, 5.41) is 15.8. The Bertz CT molecular complexity index is 1500. The zero-order valence-electron chi connectivity index (χ0n) is 15.5. The van der Waals surface area contributed by atoms with Crippen molar-refractivity contribution in [2.45, 2.75) is 0 Å². The maximum absolute atomic E-state index is 13.2. The Morgan fingerprint density at radius 2 is 1.90 bits per heavy atom. The number of halogens is 1. The molecule has 2 aromatic heterocycles. The number of fused-ring (bicyclic) bond motifs is 2. The van der Waals surface area contributed by atoms with Crippen molar-refractivity contribution in [3.63, 3.8) is 0 Å². The molecule has 0 amide bonds. The molecule has 5 aromatic rings. The maximum Gasteiger partial charge on any atom is 0.282 e. The van der Waals surface area contributed by atoms with E-state index >= 15 is 0 Å². The highest BCUT2D eigenvalue weighted by atomic mass is 35.5. The first-order chi connectivity index (χ1) is 14.6. The molecule has 0 saturated carbocycles. The van der Waals surface area contributed by atoms with Gasteiger partial charge in [0.15, 0.2) is 5.76 Å². The van der Waals surface area contributed by atoms with Crippen molar-refractivity contribution >= 4 is 39.7 Å². The van der Waals surface area contributed by atoms with Crippen molar-refractivity contribution in [1.82, 2.24) is 9.66 Å². The summed E-state index contributed by atoms with van der Waals surface area (Å²) in [5.41, 5.74) is 1.48. The molecule has 0 bridgehead atoms. The normalized spacial score (nSPS) is 11.6. The van der Waals surface area contributed by atoms with E-state index in [1.165, 1.54) is 10.9 Å². The van der Waals surface area contributed by atoms with E-state index in [4.69, 9.17) is 16.0 Å². The predicted molar refractivity (Wildman–Crippen MR) is 117 cm³/mol. The van der Waals surface area contributed by atoms with Crippen LogP contribution in [0.5, 0.6) is 5.75 Å². The van der Waals surface area contributed by atoms with Gasteiger partial charge in [-0.3, -0.25) is 4.79 Å². The molecule has 0 radical (unpaired) electrons. The van der Waals surface area contributed by atoms with Gasteiger partial charge in [0.1, 0.15) is 11.3 Å². The number of para-hydroxylation sites is 1. The lowest BCUT2D eigenvalue weighted by Crippen LogP contribution is -2.20. The number of hydrogen-bond donors (Lipinski definition) is 1. The van der Waals surface area contributed by atoms with Crippen molar-refractivity contribution in [3.8, 4) is 17.3 Å². The van der Waals surface area contributed by atoms with Crippen LogP contribution < -0.4 is 5.56 Å². The summed E-state index contributed by atoms with van der Waals surface area (Å²) in [6, 6.07) is 20.7. The smallest absolute Gasteiger partial charge is 0.282 e. The van der Waals surface area contributed by atoms with Crippen LogP contribution in [0.1, 0.15) is 5.56 Å². The molecule has 5 rings (SSSR count). The fourth-order valence-corrected chi connectivity index (χ4v) is 3.42. The molecule has 0 aliphatic rings. The third kappa shape index (κ3) is 3.23. The minimum absolute atomic E-state index is 0.109. The van der Waals surface area contributed by atoms with Crippen molar-refractivity contribution in [2.75, 3.05) is 0 Å². The van der Waals surface area contributed by atoms with Gasteiger partial charge in [-0.25, -0.2) is 4.98 Å². The molecule has 0 saturated heterocycles. The average molecular weight is 416 g/mol. The van der Waals surface area contributed by atoms with Crippen LogP contribution in [0.4, 0.5) is 0 Å². The van der Waals surface area contributed by atoms with Crippen molar-refractivity contribution in [3.05, 3.63) is 93.7 Å². The number of phenolic OH excluding ortho intramolecular Hbond substituents is 1. The zero-order valence-corrected chi connectivity index (χ0v) is 16.2. The molecule has 2 heterocycles. The summed E-state index contributed by atoms with van der Waals surface area (Å²) < 4.78 is 7.13. The fourth-order valence-electron chi connectivity index (χ4n) is 3.24. The number of furan rings is 1. The molecule has 146 valence electrons. The highest BCUT2D eigenvalue weighted by Crippen LogP contribution is 2.29. The minimum atomic E-state index is -0.328. The summed E-state index contributed by atoms with van der Waals surface area (Å²) in [6.07, 6.45) is 1.49. The number of aromatic hydroxyl groups is 1. The summed E-state index contributed by atoms with van der Waals surface area (Å²) in [7, 11) is 0. The molecule has 3 aromatic carbocycles. The summed E-state index contributed by atoms with van der Waals surface area (Å²) in [6.45, 7) is 0. The molecule has 0 aliphatic carbocycles. The highest BCUT2D eigenvalue weighted by Gasteiger charge is 2.16. The number of rotatable bonds is 3. The van der Waals surface area contributed by atoms with Gasteiger partial charge in [-0.15, -0.1) is 0 Å². The van der Waals surface area contributed by atoms with E-state index in [2.05, 4.69) is 10.1 Å². The lowest BCUT2D eigenvalue weighted by atomic mass is 10.2. The second kappa shape index (κ2) is 7.17. The van der Waals surface area contributed by atoms with Gasteiger partial charge in [-0.05, 0) is 54.1 Å². The van der Waals surface area contributed by atoms with E-state index in [1.807, 2.05) is 6.07 Å². The van der Waals surface area contributed by atoms with Crippen LogP contribution >= 0.6 is 11.6 Å². The predicted octanol–water partition coefficient (Wildman–Crippen LogP) is 5.05. The van der Waals surface area contributed by atoms with Gasteiger partial charge in [-0.1, -0.05) is 35.9 Å². The zero-order chi connectivity index (χ0) is 20.7. The Balaban J connectivity index is 1.75. The van der Waals surface area contributed by atoms with Gasteiger partial charge in [0.2, 0.25) is 5.82 Å². The lowest BCUT2D eigenvalue weighted by molar-refractivity contribution is 0.475. The number of hydrogen-bond acceptors (Lipinski definition) is 5. The SMILES string of the molecule is O=c1c2ccccc2nc(-c2cc3cc(Cl)ccc3o2)n1N=Cc1cccc(O)c1. The summed E-state index contributed by atoms with van der Waals surface area (Å²) in [4.78, 5) is 17.8. The molecule has 6 nitrogen and oxygen atoms in total. The molecular weight excluding hydrogens is 402 g/mol. The Morgan fingerprint density at radius 1 is 1.03 bits per heavy atom. The van der Waals surface area contributed by atoms with Gasteiger partial charge < -0.3 is 9.52 Å². The summed E-state index contributed by atoms with van der Waals surface area (Å²) in [5.74, 6) is 0.767. The third-order valence-electron chi connectivity index (χ3n) is 4.65. The highest BCUT2D eigenvalue weighted by molar-refractivity contribution is 6.31. The van der Waals surface area contributed by atoms with Gasteiger partial charge in [0.25, 0.3) is 5.56 Å². The van der Waals surface area contributed by atoms with Crippen molar-refractivity contribution in [1.29, 1.82) is 0 Å². The number of phenols is 1. The Hall–Kier alpha value is -3.90. The van der Waals surface area contributed by atoms with Gasteiger partial charge >= 0.3 is 0 Å². The average Bonchev–Trinajstić information content (AvgIpc) is 3.16. The fraction of sp³-hybridized carbons (Fsp3) is 0. The van der Waals surface area contributed by atoms with Crippen LogP contribution in [-0.2, 0) is 0 Å². The minimum Gasteiger partial charge on any atom is -0.508 e. The van der Waals surface area contributed by atoms with Crippen LogP contribution in [0.25, 0.3) is 33.5 Å². The van der Waals surface area contributed by atoms with E-state index in [1.54, 1.807) is 66.7 Å². The van der Waals surface area contributed by atoms with Crippen LogP contribution in [0.3, 0.4) is 0 Å². The van der Waals surface area contributed by atoms with Crippen LogP contribution in [0.15, 0.2) is 87.1 Å². The molecule has 0 aliphatic heterocycles. The van der Waals surface area contributed by atoms with Crippen molar-refractivity contribution in [2.24, 2.45) is 5.10 Å². The maximum atomic E-state index is 13.2. The second-order valence-corrected chi connectivity index (χ2v) is 7.14. The Kier molecular flexibility index (Phi) is 4.34. The Labute approximate surface area is 175 Å². The molecule has 0 atom stereocenters. The number of benzene rings is 3. The number of aromatic nitrogens is 2. The molecule has 0 fully saturated rings. The number of nitrogens with zero attached hydrogens (tertiary/aromatic N) is 3. The van der Waals surface area contributed by atoms with Crippen molar-refractivity contribution < 1.29 is 9.52 Å². The Morgan fingerprint density at radius 3 is 2.77 bits per heavy atom. The lowest BCUT2D eigenvalue weighted by Gasteiger charge is -2.07. The molecule has 7 heteroatoms. The molecular formula is C23H14ClN3O3. The molecule has 1 N–H and O–H groups in total. The van der Waals surface area contributed by atoms with Crippen LogP contribution in [0, 0.1) is 0 Å². The van der Waals surface area contributed by atoms with E-state index in [0.29, 0.717) is 32.8 Å². The van der Waals surface area contributed by atoms with Crippen LogP contribution in [-0.4, -0.2) is 21.0 Å². The first-order valence-corrected chi connectivity index (χ1v) is 9.51. The third-order valence-corrected chi connectivity index (χ3v) is 4.88. The van der Waals surface area contributed by atoms with Crippen LogP contribution in [0.2, 0.25) is 5.02 Å². The van der Waals surface area contributed by atoms with Gasteiger partial charge in [0.05, 0.1) is 17.1 Å². The van der Waals surface area contributed by atoms with Gasteiger partial charge in [0, 0.05) is 10.4 Å². The first kappa shape index (κ1) is 18.1. The molecule has 30 heavy (non-hydrogen) atoms. The summed E-state index contributed by atoms with van der Waals surface area (Å²) >= 11 is 6.08. The largest absolute Gasteiger partial charge is 0.508 e. The standard InChI is InChI=1S/C23H14ClN3O3/c24-16-8-9-20-15(11-16)12-21(30-20)22-26-19-7-2-1-6-18(19)23(29)27(22)25-13-14-4-3-5-17(28)10-14/h1-13,28H. The first-order valence-electron chi connectivity index (χ1n) is 9.13. The monoisotopic (exact) mass is 415 g/mol. The van der Waals surface area contributed by atoms with E-state index in [-0.39, 0.29) is 17.1 Å².